The van der Waals surface area contributed by atoms with Crippen molar-refractivity contribution in [2.75, 3.05) is 25.0 Å². The van der Waals surface area contributed by atoms with Crippen LogP contribution in [-0.4, -0.2) is 46.5 Å². The molecule has 1 unspecified atom stereocenters. The van der Waals surface area contributed by atoms with Crippen molar-refractivity contribution in [1.29, 1.82) is 0 Å². The molecule has 2 aliphatic rings. The summed E-state index contributed by atoms with van der Waals surface area (Å²) in [6.07, 6.45) is 6.00. The van der Waals surface area contributed by atoms with Gasteiger partial charge in [0.05, 0.1) is 5.69 Å². The highest BCUT2D eigenvalue weighted by molar-refractivity contribution is 5.86. The molecule has 4 heterocycles. The molecule has 0 aromatic carbocycles. The number of fused-ring (bicyclic) bond motifs is 1. The molecule has 124 valence electrons. The second-order valence-corrected chi connectivity index (χ2v) is 6.09. The third-order valence-electron chi connectivity index (χ3n) is 4.46. The van der Waals surface area contributed by atoms with Crippen LogP contribution in [0.5, 0.6) is 0 Å². The monoisotopic (exact) mass is 324 g/mol. The summed E-state index contributed by atoms with van der Waals surface area (Å²) in [5, 5.41) is 9.60. The van der Waals surface area contributed by atoms with Gasteiger partial charge in [-0.1, -0.05) is 0 Å². The maximum atomic E-state index is 11.9. The van der Waals surface area contributed by atoms with E-state index in [-0.39, 0.29) is 11.9 Å². The minimum Gasteiger partial charge on any atom is -0.358 e. The van der Waals surface area contributed by atoms with Gasteiger partial charge in [0.2, 0.25) is 5.91 Å². The Morgan fingerprint density at radius 2 is 2.08 bits per heavy atom. The number of anilines is 1. The van der Waals surface area contributed by atoms with Gasteiger partial charge in [0.1, 0.15) is 11.9 Å². The summed E-state index contributed by atoms with van der Waals surface area (Å²) in [4.78, 5) is 25.6. The summed E-state index contributed by atoms with van der Waals surface area (Å²) >= 11 is 0. The first-order chi connectivity index (χ1) is 11.8. The third kappa shape index (κ3) is 2.94. The second-order valence-electron chi connectivity index (χ2n) is 6.09. The van der Waals surface area contributed by atoms with Crippen LogP contribution >= 0.6 is 0 Å². The maximum Gasteiger partial charge on any atom is 0.242 e. The highest BCUT2D eigenvalue weighted by Crippen LogP contribution is 2.25. The molecule has 3 N–H and O–H groups in total. The first-order valence-corrected chi connectivity index (χ1v) is 8.36. The second kappa shape index (κ2) is 6.52. The highest BCUT2D eigenvalue weighted by Gasteiger charge is 2.26. The van der Waals surface area contributed by atoms with Crippen LogP contribution in [0.3, 0.4) is 0 Å². The number of rotatable bonds is 3. The molecule has 0 saturated carbocycles. The van der Waals surface area contributed by atoms with Crippen molar-refractivity contribution in [1.82, 2.24) is 25.6 Å². The van der Waals surface area contributed by atoms with Crippen molar-refractivity contribution >= 4 is 11.7 Å². The predicted molar refractivity (Wildman–Crippen MR) is 90.6 cm³/mol. The normalized spacial score (nSPS) is 20.2. The first-order valence-electron chi connectivity index (χ1n) is 8.36. The Morgan fingerprint density at radius 1 is 1.17 bits per heavy atom. The first kappa shape index (κ1) is 15.0. The van der Waals surface area contributed by atoms with Crippen LogP contribution in [0.2, 0.25) is 0 Å². The van der Waals surface area contributed by atoms with E-state index >= 15 is 0 Å². The van der Waals surface area contributed by atoms with Gasteiger partial charge < -0.3 is 16.0 Å². The molecule has 1 amide bonds. The lowest BCUT2D eigenvalue weighted by atomic mass is 10.1. The Morgan fingerprint density at radius 3 is 2.88 bits per heavy atom. The molecular weight excluding hydrogens is 304 g/mol. The van der Waals surface area contributed by atoms with Crippen LogP contribution in [-0.2, 0) is 17.6 Å². The summed E-state index contributed by atoms with van der Waals surface area (Å²) in [6.45, 7) is 2.51. The SMILES string of the molecule is O=C1NCCC1Nc1nc(-c2cccnc2)nc2c1CCNCC2. The summed E-state index contributed by atoms with van der Waals surface area (Å²) in [5.74, 6) is 1.48. The number of amides is 1. The van der Waals surface area contributed by atoms with Crippen LogP contribution in [0.4, 0.5) is 5.82 Å². The number of aromatic nitrogens is 3. The van der Waals surface area contributed by atoms with Crippen LogP contribution < -0.4 is 16.0 Å². The predicted octanol–water partition coefficient (Wildman–Crippen LogP) is 0.527. The van der Waals surface area contributed by atoms with Crippen molar-refractivity contribution in [2.45, 2.75) is 25.3 Å². The Bertz CT molecular complexity index is 748. The summed E-state index contributed by atoms with van der Waals surface area (Å²) in [5.41, 5.74) is 3.05. The fourth-order valence-corrected chi connectivity index (χ4v) is 3.19. The molecule has 7 heteroatoms. The minimum absolute atomic E-state index is 0.0389. The Kier molecular flexibility index (Phi) is 4.08. The molecule has 0 spiro atoms. The van der Waals surface area contributed by atoms with Gasteiger partial charge in [0.15, 0.2) is 5.82 Å². The smallest absolute Gasteiger partial charge is 0.242 e. The number of nitrogens with one attached hydrogen (secondary N) is 3. The van der Waals surface area contributed by atoms with Crippen molar-refractivity contribution < 1.29 is 4.79 Å². The van der Waals surface area contributed by atoms with Crippen LogP contribution in [0.25, 0.3) is 11.4 Å². The number of carbonyl (C=O) groups is 1. The lowest BCUT2D eigenvalue weighted by Crippen LogP contribution is -2.30. The number of hydrogen-bond acceptors (Lipinski definition) is 6. The maximum absolute atomic E-state index is 11.9. The molecule has 2 aromatic heterocycles. The number of nitrogens with zero attached hydrogens (tertiary/aromatic N) is 3. The van der Waals surface area contributed by atoms with Gasteiger partial charge in [0, 0.05) is 43.0 Å². The molecular formula is C17H20N6O. The van der Waals surface area contributed by atoms with Crippen molar-refractivity contribution in [2.24, 2.45) is 0 Å². The third-order valence-corrected chi connectivity index (χ3v) is 4.46. The summed E-state index contributed by atoms with van der Waals surface area (Å²) in [6, 6.07) is 3.61. The quantitative estimate of drug-likeness (QED) is 0.763. The molecule has 1 atom stereocenters. The summed E-state index contributed by atoms with van der Waals surface area (Å²) in [7, 11) is 0. The molecule has 0 bridgehead atoms. The largest absolute Gasteiger partial charge is 0.358 e. The zero-order valence-electron chi connectivity index (χ0n) is 13.4. The number of carbonyl (C=O) groups excluding carboxylic acids is 1. The van der Waals surface area contributed by atoms with E-state index in [0.717, 1.165) is 55.0 Å². The average Bonchev–Trinajstić information content (AvgIpc) is 2.87. The lowest BCUT2D eigenvalue weighted by Gasteiger charge is -2.17. The van der Waals surface area contributed by atoms with E-state index in [1.807, 2.05) is 12.1 Å². The topological polar surface area (TPSA) is 91.8 Å². The fourth-order valence-electron chi connectivity index (χ4n) is 3.19. The van der Waals surface area contributed by atoms with Gasteiger partial charge in [-0.3, -0.25) is 9.78 Å². The zero-order valence-corrected chi connectivity index (χ0v) is 13.4. The van der Waals surface area contributed by atoms with Gasteiger partial charge in [-0.25, -0.2) is 9.97 Å². The molecule has 4 rings (SSSR count). The van der Waals surface area contributed by atoms with Crippen LogP contribution in [0.1, 0.15) is 17.7 Å². The van der Waals surface area contributed by atoms with Gasteiger partial charge >= 0.3 is 0 Å². The highest BCUT2D eigenvalue weighted by atomic mass is 16.2. The van der Waals surface area contributed by atoms with Crippen LogP contribution in [0.15, 0.2) is 24.5 Å². The Labute approximate surface area is 140 Å². The Hall–Kier alpha value is -2.54. The van der Waals surface area contributed by atoms with Gasteiger partial charge in [-0.05, 0) is 31.5 Å². The van der Waals surface area contributed by atoms with Crippen LogP contribution in [0, 0.1) is 0 Å². The van der Waals surface area contributed by atoms with Gasteiger partial charge in [0.25, 0.3) is 0 Å². The lowest BCUT2D eigenvalue weighted by molar-refractivity contribution is -0.119. The van der Waals surface area contributed by atoms with E-state index in [2.05, 4.69) is 20.9 Å². The molecule has 0 aliphatic carbocycles. The fraction of sp³-hybridized carbons (Fsp3) is 0.412. The van der Waals surface area contributed by atoms with Crippen molar-refractivity contribution in [3.63, 3.8) is 0 Å². The standard InChI is InChI=1S/C17H20N6O/c24-17-14(5-9-20-17)22-16-12-3-7-18-8-4-13(12)21-15(23-16)11-2-1-6-19-10-11/h1-2,6,10,14,18H,3-5,7-9H2,(H,20,24)(H,21,22,23). The van der Waals surface area contributed by atoms with E-state index in [4.69, 9.17) is 9.97 Å². The number of hydrogen-bond donors (Lipinski definition) is 3. The summed E-state index contributed by atoms with van der Waals surface area (Å²) < 4.78 is 0. The zero-order chi connectivity index (χ0) is 16.4. The molecule has 0 radical (unpaired) electrons. The van der Waals surface area contributed by atoms with E-state index in [0.29, 0.717) is 12.4 Å². The molecule has 2 aliphatic heterocycles. The molecule has 1 fully saturated rings. The molecule has 24 heavy (non-hydrogen) atoms. The molecule has 1 saturated heterocycles. The van der Waals surface area contributed by atoms with E-state index < -0.39 is 0 Å². The Balaban J connectivity index is 1.76. The molecule has 2 aromatic rings. The van der Waals surface area contributed by atoms with E-state index in [1.165, 1.54) is 0 Å². The van der Waals surface area contributed by atoms with Crippen molar-refractivity contribution in [3.05, 3.63) is 35.8 Å². The molecule has 7 nitrogen and oxygen atoms in total. The average molecular weight is 324 g/mol. The van der Waals surface area contributed by atoms with Gasteiger partial charge in [-0.2, -0.15) is 0 Å². The van der Waals surface area contributed by atoms with Gasteiger partial charge in [-0.15, -0.1) is 0 Å². The number of pyridine rings is 1. The van der Waals surface area contributed by atoms with E-state index in [1.54, 1.807) is 12.4 Å². The van der Waals surface area contributed by atoms with Crippen molar-refractivity contribution in [3.8, 4) is 11.4 Å². The minimum atomic E-state index is -0.220. The van der Waals surface area contributed by atoms with E-state index in [9.17, 15) is 4.79 Å².